The van der Waals surface area contributed by atoms with E-state index in [1.54, 1.807) is 16.7 Å². The van der Waals surface area contributed by atoms with Crippen molar-refractivity contribution < 1.29 is 35.9 Å². The third-order valence-corrected chi connectivity index (χ3v) is 10.5. The van der Waals surface area contributed by atoms with Crippen LogP contribution >= 0.6 is 0 Å². The third kappa shape index (κ3) is 7.98. The lowest BCUT2D eigenvalue weighted by Gasteiger charge is -2.43. The molecular formula is C34H42F6N8O3. The minimum Gasteiger partial charge on any atom is -0.398 e. The number of para-hydroxylation sites is 2. The molecule has 3 amide bonds. The summed E-state index contributed by atoms with van der Waals surface area (Å²) < 4.78 is 84.8. The van der Waals surface area contributed by atoms with Crippen molar-refractivity contribution in [3.8, 4) is 0 Å². The van der Waals surface area contributed by atoms with Gasteiger partial charge >= 0.3 is 24.1 Å². The molecule has 51 heavy (non-hydrogen) atoms. The number of halogens is 6. The first-order chi connectivity index (χ1) is 24.1. The average Bonchev–Trinajstić information content (AvgIpc) is 3.43. The highest BCUT2D eigenvalue weighted by atomic mass is 19.4. The predicted molar refractivity (Wildman–Crippen MR) is 178 cm³/mol. The van der Waals surface area contributed by atoms with Crippen LogP contribution in [-0.2, 0) is 23.6 Å². The van der Waals surface area contributed by atoms with Crippen LogP contribution < -0.4 is 16.7 Å². The van der Waals surface area contributed by atoms with E-state index in [0.29, 0.717) is 62.7 Å². The maximum Gasteiger partial charge on any atom is 0.418 e. The number of carbonyl (C=O) groups excluding carboxylic acids is 2. The van der Waals surface area contributed by atoms with Gasteiger partial charge in [-0.1, -0.05) is 12.1 Å². The minimum absolute atomic E-state index is 0.205. The molecule has 0 bridgehead atoms. The Morgan fingerprint density at radius 2 is 1.41 bits per heavy atom. The molecule has 6 rings (SSSR count). The number of carbonyl (C=O) groups is 2. The molecule has 3 aromatic rings. The number of likely N-dealkylation sites (tertiary alicyclic amines) is 2. The first-order valence-corrected chi connectivity index (χ1v) is 17.1. The number of nitrogens with one attached hydrogen (secondary N) is 2. The summed E-state index contributed by atoms with van der Waals surface area (Å²) in [5, 5.41) is 2.64. The van der Waals surface area contributed by atoms with Crippen LogP contribution in [0, 0.1) is 0 Å². The summed E-state index contributed by atoms with van der Waals surface area (Å²) in [6.45, 7) is 4.02. The first-order valence-electron chi connectivity index (χ1n) is 17.1. The molecule has 4 heterocycles. The van der Waals surface area contributed by atoms with Gasteiger partial charge in [-0.2, -0.15) is 26.3 Å². The zero-order valence-corrected chi connectivity index (χ0v) is 28.2. The highest BCUT2D eigenvalue weighted by Gasteiger charge is 2.42. The van der Waals surface area contributed by atoms with Crippen molar-refractivity contribution in [2.75, 3.05) is 65.1 Å². The van der Waals surface area contributed by atoms with Gasteiger partial charge in [0, 0.05) is 57.8 Å². The lowest BCUT2D eigenvalue weighted by molar-refractivity contribution is -0.141. The molecule has 3 aliphatic heterocycles. The van der Waals surface area contributed by atoms with Crippen molar-refractivity contribution in [3.05, 3.63) is 63.6 Å². The predicted octanol–water partition coefficient (Wildman–Crippen LogP) is 4.15. The number of anilines is 1. The number of H-pyrrole nitrogens is 1. The maximum absolute atomic E-state index is 14.0. The number of hydrogen-bond donors (Lipinski definition) is 3. The number of nitrogens with two attached hydrogens (primary N) is 1. The summed E-state index contributed by atoms with van der Waals surface area (Å²) in [6, 6.07) is 6.27. The number of piperidine rings is 2. The molecule has 278 valence electrons. The fraction of sp³-hybridized carbons (Fsp3) is 0.559. The Kier molecular flexibility index (Phi) is 10.3. The van der Waals surface area contributed by atoms with E-state index in [1.165, 1.54) is 9.80 Å². The number of aromatic nitrogens is 2. The molecule has 3 fully saturated rings. The second-order valence-corrected chi connectivity index (χ2v) is 13.7. The molecule has 1 atom stereocenters. The first kappa shape index (κ1) is 36.5. The smallest absolute Gasteiger partial charge is 0.398 e. The zero-order valence-electron chi connectivity index (χ0n) is 28.2. The Balaban J connectivity index is 1.20. The summed E-state index contributed by atoms with van der Waals surface area (Å²) in [6.07, 6.45) is -8.21. The molecular weight excluding hydrogens is 682 g/mol. The molecule has 3 saturated heterocycles. The number of amides is 3. The SMILES string of the molecule is CN1CCC(N2CCN(C(=O)[C@@H](Cc3cc(C(F)(F)F)c(N)c(C(F)(F)F)c3)NC(=O)N3CCC(n4c(=O)[nH]c5ccccc54)CC3)CC2)CC1. The lowest BCUT2D eigenvalue weighted by Crippen LogP contribution is -2.59. The standard InChI is InChI=1S/C34H42F6N8O3/c1-44-10-6-22(7-11-44)45-14-16-46(17-15-45)30(49)27(20-21-18-24(33(35,36)37)29(41)25(19-21)34(38,39)40)43-31(50)47-12-8-23(9-13-47)48-28-5-3-2-4-26(28)42-32(48)51/h2-5,18-19,22-23,27H,6-17,20,41H2,1H3,(H,42,51)(H,43,50)/t27-/m1/s1. The van der Waals surface area contributed by atoms with Crippen molar-refractivity contribution in [2.45, 2.75) is 62.6 Å². The number of imidazole rings is 1. The van der Waals surface area contributed by atoms with Gasteiger partial charge in [-0.25, -0.2) is 9.59 Å². The van der Waals surface area contributed by atoms with Crippen LogP contribution in [0.25, 0.3) is 11.0 Å². The van der Waals surface area contributed by atoms with Gasteiger partial charge in [-0.05, 0) is 75.6 Å². The topological polar surface area (TPSA) is 123 Å². The van der Waals surface area contributed by atoms with E-state index in [-0.39, 0.29) is 24.8 Å². The van der Waals surface area contributed by atoms with Crippen LogP contribution in [0.1, 0.15) is 48.4 Å². The fourth-order valence-corrected chi connectivity index (χ4v) is 7.63. The molecule has 4 N–H and O–H groups in total. The Morgan fingerprint density at radius 1 is 0.843 bits per heavy atom. The zero-order chi connectivity index (χ0) is 36.7. The summed E-state index contributed by atoms with van der Waals surface area (Å²) in [5.41, 5.74) is 1.28. The summed E-state index contributed by atoms with van der Waals surface area (Å²) in [5.74, 6) is -0.592. The van der Waals surface area contributed by atoms with Gasteiger partial charge in [0.2, 0.25) is 5.91 Å². The van der Waals surface area contributed by atoms with Crippen molar-refractivity contribution >= 4 is 28.7 Å². The number of aromatic amines is 1. The van der Waals surface area contributed by atoms with Crippen molar-refractivity contribution in [2.24, 2.45) is 0 Å². The second kappa shape index (κ2) is 14.4. The van der Waals surface area contributed by atoms with E-state index in [2.05, 4.69) is 27.1 Å². The summed E-state index contributed by atoms with van der Waals surface area (Å²) in [4.78, 5) is 50.7. The van der Waals surface area contributed by atoms with Crippen LogP contribution in [0.5, 0.6) is 0 Å². The Hall–Kier alpha value is -4.25. The van der Waals surface area contributed by atoms with Crippen LogP contribution in [0.2, 0.25) is 0 Å². The van der Waals surface area contributed by atoms with Crippen molar-refractivity contribution in [1.29, 1.82) is 0 Å². The number of hydrogen-bond acceptors (Lipinski definition) is 6. The highest BCUT2D eigenvalue weighted by molar-refractivity contribution is 5.87. The average molecular weight is 725 g/mol. The van der Waals surface area contributed by atoms with Crippen LogP contribution in [0.15, 0.2) is 41.2 Å². The van der Waals surface area contributed by atoms with E-state index < -0.39 is 59.1 Å². The molecule has 17 heteroatoms. The van der Waals surface area contributed by atoms with Crippen molar-refractivity contribution in [1.82, 2.24) is 34.5 Å². The fourth-order valence-electron chi connectivity index (χ4n) is 7.63. The number of benzene rings is 2. The van der Waals surface area contributed by atoms with Gasteiger partial charge in [0.25, 0.3) is 0 Å². The molecule has 2 aromatic carbocycles. The molecule has 0 unspecified atom stereocenters. The number of alkyl halides is 6. The van der Waals surface area contributed by atoms with Gasteiger partial charge in [0.1, 0.15) is 6.04 Å². The molecule has 0 radical (unpaired) electrons. The summed E-state index contributed by atoms with van der Waals surface area (Å²) >= 11 is 0. The quantitative estimate of drug-likeness (QED) is 0.260. The Morgan fingerprint density at radius 3 is 2.00 bits per heavy atom. The van der Waals surface area contributed by atoms with E-state index in [4.69, 9.17) is 5.73 Å². The van der Waals surface area contributed by atoms with E-state index >= 15 is 0 Å². The number of urea groups is 1. The largest absolute Gasteiger partial charge is 0.418 e. The van der Waals surface area contributed by atoms with Gasteiger partial charge in [-0.3, -0.25) is 14.3 Å². The van der Waals surface area contributed by atoms with Gasteiger partial charge in [-0.15, -0.1) is 0 Å². The molecule has 0 spiro atoms. The van der Waals surface area contributed by atoms with Crippen LogP contribution in [0.3, 0.4) is 0 Å². The van der Waals surface area contributed by atoms with E-state index in [9.17, 15) is 40.7 Å². The molecule has 11 nitrogen and oxygen atoms in total. The Bertz CT molecular complexity index is 1750. The number of piperazine rings is 1. The van der Waals surface area contributed by atoms with Crippen molar-refractivity contribution in [3.63, 3.8) is 0 Å². The van der Waals surface area contributed by atoms with E-state index in [0.717, 1.165) is 31.4 Å². The highest BCUT2D eigenvalue weighted by Crippen LogP contribution is 2.42. The molecule has 0 saturated carbocycles. The number of nitrogens with zero attached hydrogens (tertiary/aromatic N) is 5. The molecule has 0 aliphatic carbocycles. The Labute approximate surface area is 290 Å². The van der Waals surface area contributed by atoms with Crippen LogP contribution in [0.4, 0.5) is 36.8 Å². The number of rotatable bonds is 6. The van der Waals surface area contributed by atoms with Crippen LogP contribution in [-0.4, -0.2) is 113 Å². The molecule has 1 aromatic heterocycles. The number of fused-ring (bicyclic) bond motifs is 1. The third-order valence-electron chi connectivity index (χ3n) is 10.5. The van der Waals surface area contributed by atoms with Gasteiger partial charge < -0.3 is 30.7 Å². The normalized spacial score (nSPS) is 19.8. The monoisotopic (exact) mass is 724 g/mol. The summed E-state index contributed by atoms with van der Waals surface area (Å²) in [7, 11) is 2.06. The van der Waals surface area contributed by atoms with Gasteiger partial charge in [0.15, 0.2) is 0 Å². The lowest BCUT2D eigenvalue weighted by atomic mass is 9.96. The van der Waals surface area contributed by atoms with E-state index in [1.807, 2.05) is 12.1 Å². The minimum atomic E-state index is -5.19. The number of nitrogen functional groups attached to an aromatic ring is 1. The van der Waals surface area contributed by atoms with Gasteiger partial charge in [0.05, 0.1) is 27.8 Å². The maximum atomic E-state index is 14.0. The molecule has 3 aliphatic rings. The second-order valence-electron chi connectivity index (χ2n) is 13.7.